The molecule has 3 rings (SSSR count). The molecule has 2 heterocycles. The van der Waals surface area contributed by atoms with E-state index in [4.69, 9.17) is 4.74 Å². The van der Waals surface area contributed by atoms with E-state index in [1.165, 1.54) is 6.92 Å². The van der Waals surface area contributed by atoms with Crippen molar-refractivity contribution < 1.29 is 14.3 Å². The van der Waals surface area contributed by atoms with Crippen molar-refractivity contribution >= 4 is 23.3 Å². The number of morpholine rings is 1. The van der Waals surface area contributed by atoms with Crippen LogP contribution in [0.2, 0.25) is 0 Å². The number of nitrogens with one attached hydrogen (secondary N) is 2. The summed E-state index contributed by atoms with van der Waals surface area (Å²) in [4.78, 5) is 29.8. The lowest BCUT2D eigenvalue weighted by atomic mass is 10.1. The number of carbonyl (C=O) groups excluding carboxylic acids is 2. The zero-order chi connectivity index (χ0) is 18.4. The van der Waals surface area contributed by atoms with Crippen LogP contribution in [-0.2, 0) is 16.1 Å². The van der Waals surface area contributed by atoms with Gasteiger partial charge in [0, 0.05) is 32.1 Å². The van der Waals surface area contributed by atoms with Gasteiger partial charge in [-0.15, -0.1) is 0 Å². The Morgan fingerprint density at radius 3 is 2.46 bits per heavy atom. The predicted molar refractivity (Wildman–Crippen MR) is 99.2 cm³/mol. The van der Waals surface area contributed by atoms with E-state index in [1.54, 1.807) is 24.4 Å². The molecule has 2 aromatic rings. The standard InChI is InChI=1S/C19H22N4O3/c1-14(24)20-12-15-2-4-16(5-3-15)19(25)22-18-7-6-17(13-21-18)23-8-10-26-11-9-23/h2-7,13H,8-12H2,1H3,(H,20,24)(H,21,22,25). The third-order valence-corrected chi connectivity index (χ3v) is 4.12. The molecule has 0 spiro atoms. The normalized spacial score (nSPS) is 14.0. The molecule has 0 aliphatic carbocycles. The molecule has 1 aliphatic heterocycles. The Hall–Kier alpha value is -2.93. The highest BCUT2D eigenvalue weighted by Gasteiger charge is 2.12. The molecule has 0 bridgehead atoms. The van der Waals surface area contributed by atoms with Crippen LogP contribution in [0, 0.1) is 0 Å². The number of carbonyl (C=O) groups is 2. The highest BCUT2D eigenvalue weighted by molar-refractivity contribution is 6.03. The Morgan fingerprint density at radius 1 is 1.12 bits per heavy atom. The molecule has 26 heavy (non-hydrogen) atoms. The molecule has 136 valence electrons. The van der Waals surface area contributed by atoms with Crippen LogP contribution in [0.3, 0.4) is 0 Å². The second-order valence-corrected chi connectivity index (χ2v) is 6.06. The topological polar surface area (TPSA) is 83.6 Å². The zero-order valence-electron chi connectivity index (χ0n) is 14.7. The predicted octanol–water partition coefficient (Wildman–Crippen LogP) is 1.81. The number of aromatic nitrogens is 1. The first kappa shape index (κ1) is 17.9. The molecular weight excluding hydrogens is 332 g/mol. The van der Waals surface area contributed by atoms with E-state index < -0.39 is 0 Å². The quantitative estimate of drug-likeness (QED) is 0.856. The summed E-state index contributed by atoms with van der Waals surface area (Å²) in [6, 6.07) is 10.8. The molecule has 0 atom stereocenters. The van der Waals surface area contributed by atoms with E-state index >= 15 is 0 Å². The first-order valence-electron chi connectivity index (χ1n) is 8.55. The maximum absolute atomic E-state index is 12.3. The number of amides is 2. The molecule has 7 nitrogen and oxygen atoms in total. The van der Waals surface area contributed by atoms with Gasteiger partial charge in [-0.25, -0.2) is 4.98 Å². The van der Waals surface area contributed by atoms with Crippen LogP contribution in [-0.4, -0.2) is 43.1 Å². The van der Waals surface area contributed by atoms with E-state index in [2.05, 4.69) is 20.5 Å². The van der Waals surface area contributed by atoms with Gasteiger partial charge >= 0.3 is 0 Å². The molecule has 0 unspecified atom stereocenters. The van der Waals surface area contributed by atoms with E-state index in [0.717, 1.165) is 37.6 Å². The maximum Gasteiger partial charge on any atom is 0.256 e. The monoisotopic (exact) mass is 354 g/mol. The number of rotatable bonds is 5. The average Bonchev–Trinajstić information content (AvgIpc) is 2.68. The minimum absolute atomic E-state index is 0.0848. The van der Waals surface area contributed by atoms with Crippen molar-refractivity contribution in [1.82, 2.24) is 10.3 Å². The second kappa shape index (κ2) is 8.44. The number of hydrogen-bond acceptors (Lipinski definition) is 5. The van der Waals surface area contributed by atoms with Crippen LogP contribution in [0.25, 0.3) is 0 Å². The molecule has 1 aromatic heterocycles. The molecular formula is C19H22N4O3. The molecule has 7 heteroatoms. The number of pyridine rings is 1. The Morgan fingerprint density at radius 2 is 1.85 bits per heavy atom. The summed E-state index contributed by atoms with van der Waals surface area (Å²) in [5.41, 5.74) is 2.49. The second-order valence-electron chi connectivity index (χ2n) is 6.06. The molecule has 1 saturated heterocycles. The molecule has 1 aromatic carbocycles. The van der Waals surface area contributed by atoms with Crippen molar-refractivity contribution in [3.05, 3.63) is 53.7 Å². The zero-order valence-corrected chi connectivity index (χ0v) is 14.7. The summed E-state index contributed by atoms with van der Waals surface area (Å²) >= 11 is 0. The van der Waals surface area contributed by atoms with Gasteiger partial charge in [-0.1, -0.05) is 12.1 Å². The van der Waals surface area contributed by atoms with Crippen molar-refractivity contribution in [3.8, 4) is 0 Å². The summed E-state index contributed by atoms with van der Waals surface area (Å²) in [6.45, 7) is 5.05. The first-order chi connectivity index (χ1) is 12.6. The Balaban J connectivity index is 1.57. The van der Waals surface area contributed by atoms with E-state index in [1.807, 2.05) is 18.2 Å². The number of benzene rings is 1. The summed E-state index contributed by atoms with van der Waals surface area (Å²) in [6.07, 6.45) is 1.76. The van der Waals surface area contributed by atoms with Gasteiger partial charge in [-0.2, -0.15) is 0 Å². The van der Waals surface area contributed by atoms with Gasteiger partial charge in [-0.3, -0.25) is 9.59 Å². The van der Waals surface area contributed by atoms with Gasteiger partial charge in [0.15, 0.2) is 0 Å². The number of ether oxygens (including phenoxy) is 1. The van der Waals surface area contributed by atoms with Crippen LogP contribution in [0.4, 0.5) is 11.5 Å². The van der Waals surface area contributed by atoms with Gasteiger partial charge in [0.05, 0.1) is 25.1 Å². The summed E-state index contributed by atoms with van der Waals surface area (Å²) in [5.74, 6) is 0.204. The van der Waals surface area contributed by atoms with Crippen LogP contribution in [0.15, 0.2) is 42.6 Å². The number of anilines is 2. The third kappa shape index (κ3) is 4.80. The maximum atomic E-state index is 12.3. The van der Waals surface area contributed by atoms with Crippen LogP contribution in [0.5, 0.6) is 0 Å². The first-order valence-corrected chi connectivity index (χ1v) is 8.55. The highest BCUT2D eigenvalue weighted by atomic mass is 16.5. The Kier molecular flexibility index (Phi) is 5.80. The van der Waals surface area contributed by atoms with Crippen molar-refractivity contribution in [2.24, 2.45) is 0 Å². The van der Waals surface area contributed by atoms with Crippen LogP contribution < -0.4 is 15.5 Å². The molecule has 2 N–H and O–H groups in total. The molecule has 1 aliphatic rings. The van der Waals surface area contributed by atoms with E-state index in [9.17, 15) is 9.59 Å². The summed E-state index contributed by atoms with van der Waals surface area (Å²) < 4.78 is 5.34. The SMILES string of the molecule is CC(=O)NCc1ccc(C(=O)Nc2ccc(N3CCOCC3)cn2)cc1. The molecule has 2 amide bonds. The van der Waals surface area contributed by atoms with Gasteiger partial charge in [0.2, 0.25) is 5.91 Å². The number of nitrogens with zero attached hydrogens (tertiary/aromatic N) is 2. The fourth-order valence-corrected chi connectivity index (χ4v) is 2.66. The van der Waals surface area contributed by atoms with Crippen LogP contribution in [0.1, 0.15) is 22.8 Å². The van der Waals surface area contributed by atoms with Crippen molar-refractivity contribution in [2.75, 3.05) is 36.5 Å². The van der Waals surface area contributed by atoms with Crippen molar-refractivity contribution in [1.29, 1.82) is 0 Å². The summed E-state index contributed by atoms with van der Waals surface area (Å²) in [5, 5.41) is 5.52. The smallest absolute Gasteiger partial charge is 0.256 e. The van der Waals surface area contributed by atoms with E-state index in [0.29, 0.717) is 17.9 Å². The minimum Gasteiger partial charge on any atom is -0.378 e. The fraction of sp³-hybridized carbons (Fsp3) is 0.316. The molecule has 0 radical (unpaired) electrons. The lowest BCUT2D eigenvalue weighted by Gasteiger charge is -2.28. The van der Waals surface area contributed by atoms with Crippen LogP contribution >= 0.6 is 0 Å². The minimum atomic E-state index is -0.220. The van der Waals surface area contributed by atoms with Gasteiger partial charge < -0.3 is 20.3 Å². The largest absolute Gasteiger partial charge is 0.378 e. The van der Waals surface area contributed by atoms with Gasteiger partial charge in [0.1, 0.15) is 5.82 Å². The Bertz CT molecular complexity index is 753. The fourth-order valence-electron chi connectivity index (χ4n) is 2.66. The summed E-state index contributed by atoms with van der Waals surface area (Å²) in [7, 11) is 0. The van der Waals surface area contributed by atoms with Crippen molar-refractivity contribution in [3.63, 3.8) is 0 Å². The highest BCUT2D eigenvalue weighted by Crippen LogP contribution is 2.17. The number of hydrogen-bond donors (Lipinski definition) is 2. The third-order valence-electron chi connectivity index (χ3n) is 4.12. The van der Waals surface area contributed by atoms with E-state index in [-0.39, 0.29) is 11.8 Å². The molecule has 1 fully saturated rings. The van der Waals surface area contributed by atoms with Gasteiger partial charge in [-0.05, 0) is 29.8 Å². The lowest BCUT2D eigenvalue weighted by Crippen LogP contribution is -2.36. The molecule has 0 saturated carbocycles. The average molecular weight is 354 g/mol. The Labute approximate surface area is 152 Å². The van der Waals surface area contributed by atoms with Crippen molar-refractivity contribution in [2.45, 2.75) is 13.5 Å². The van der Waals surface area contributed by atoms with Gasteiger partial charge in [0.25, 0.3) is 5.91 Å². The lowest BCUT2D eigenvalue weighted by molar-refractivity contribution is -0.119.